The van der Waals surface area contributed by atoms with Gasteiger partial charge < -0.3 is 4.90 Å². The zero-order valence-electron chi connectivity index (χ0n) is 8.27. The molecule has 0 aliphatic rings. The van der Waals surface area contributed by atoms with Crippen LogP contribution in [0.4, 0.5) is 0 Å². The van der Waals surface area contributed by atoms with Crippen molar-refractivity contribution < 1.29 is 4.79 Å². The molecule has 0 radical (unpaired) electrons. The summed E-state index contributed by atoms with van der Waals surface area (Å²) in [5, 5.41) is 0.256. The van der Waals surface area contributed by atoms with Crippen LogP contribution in [0.5, 0.6) is 0 Å². The summed E-state index contributed by atoms with van der Waals surface area (Å²) in [6, 6.07) is 0. The topological polar surface area (TPSA) is 46.1 Å². The van der Waals surface area contributed by atoms with Crippen LogP contribution >= 0.6 is 11.6 Å². The van der Waals surface area contributed by atoms with Crippen molar-refractivity contribution >= 4 is 17.5 Å². The summed E-state index contributed by atoms with van der Waals surface area (Å²) in [5.74, 6) is 2.18. The summed E-state index contributed by atoms with van der Waals surface area (Å²) < 4.78 is 0. The number of rotatable bonds is 3. The molecular weight excluding hydrogens is 214 g/mol. The van der Waals surface area contributed by atoms with Gasteiger partial charge in [0.05, 0.1) is 18.9 Å². The molecule has 4 nitrogen and oxygen atoms in total. The number of aromatic nitrogens is 2. The maximum absolute atomic E-state index is 11.8. The second kappa shape index (κ2) is 5.32. The number of nitrogens with zero attached hydrogens (tertiary/aromatic N) is 3. The zero-order chi connectivity index (χ0) is 11.3. The van der Waals surface area contributed by atoms with E-state index in [0.717, 1.165) is 0 Å². The van der Waals surface area contributed by atoms with E-state index in [1.165, 1.54) is 17.3 Å². The highest BCUT2D eigenvalue weighted by atomic mass is 35.5. The van der Waals surface area contributed by atoms with Crippen molar-refractivity contribution in [2.24, 2.45) is 0 Å². The van der Waals surface area contributed by atoms with Crippen LogP contribution in [0, 0.1) is 12.3 Å². The van der Waals surface area contributed by atoms with E-state index in [1.54, 1.807) is 0 Å². The Balaban J connectivity index is 2.84. The largest absolute Gasteiger partial charge is 0.326 e. The zero-order valence-corrected chi connectivity index (χ0v) is 9.03. The van der Waals surface area contributed by atoms with Gasteiger partial charge >= 0.3 is 0 Å². The standard InChI is InChI=1S/C10H10ClN3O/c1-3-5-14(4-2)10(15)8-6-13-9(11)7-12-8/h1,6-7H,4-5H2,2H3. The van der Waals surface area contributed by atoms with E-state index >= 15 is 0 Å². The molecule has 1 rings (SSSR count). The average Bonchev–Trinajstić information content (AvgIpc) is 2.26. The lowest BCUT2D eigenvalue weighted by molar-refractivity contribution is 0.0778. The fraction of sp³-hybridized carbons (Fsp3) is 0.300. The third-order valence-corrected chi connectivity index (χ3v) is 1.99. The van der Waals surface area contributed by atoms with Crippen LogP contribution in [0.1, 0.15) is 17.4 Å². The van der Waals surface area contributed by atoms with E-state index in [2.05, 4.69) is 15.9 Å². The average molecular weight is 224 g/mol. The maximum Gasteiger partial charge on any atom is 0.274 e. The Morgan fingerprint density at radius 1 is 1.60 bits per heavy atom. The number of carbonyl (C=O) groups is 1. The number of hydrogen-bond acceptors (Lipinski definition) is 3. The first-order valence-electron chi connectivity index (χ1n) is 4.39. The maximum atomic E-state index is 11.8. The third kappa shape index (κ3) is 2.93. The van der Waals surface area contributed by atoms with Crippen LogP contribution in [0.25, 0.3) is 0 Å². The summed E-state index contributed by atoms with van der Waals surface area (Å²) in [6.45, 7) is 2.64. The normalized spacial score (nSPS) is 9.40. The predicted molar refractivity (Wildman–Crippen MR) is 57.5 cm³/mol. The summed E-state index contributed by atoms with van der Waals surface area (Å²) in [4.78, 5) is 20.9. The number of amides is 1. The molecule has 0 spiro atoms. The molecule has 0 unspecified atom stereocenters. The molecule has 1 amide bonds. The van der Waals surface area contributed by atoms with Crippen LogP contribution in [0.15, 0.2) is 12.4 Å². The highest BCUT2D eigenvalue weighted by Crippen LogP contribution is 2.04. The minimum absolute atomic E-state index is 0.236. The smallest absolute Gasteiger partial charge is 0.274 e. The minimum atomic E-state index is -0.236. The summed E-state index contributed by atoms with van der Waals surface area (Å²) in [6.07, 6.45) is 7.81. The molecule has 1 aromatic rings. The molecule has 0 bridgehead atoms. The lowest BCUT2D eigenvalue weighted by Crippen LogP contribution is -2.31. The van der Waals surface area contributed by atoms with Crippen LogP contribution < -0.4 is 0 Å². The van der Waals surface area contributed by atoms with Crippen molar-refractivity contribution in [3.63, 3.8) is 0 Å². The van der Waals surface area contributed by atoms with Gasteiger partial charge in [-0.05, 0) is 6.92 Å². The Hall–Kier alpha value is -1.60. The summed E-state index contributed by atoms with van der Waals surface area (Å²) in [5.41, 5.74) is 0.247. The van der Waals surface area contributed by atoms with Gasteiger partial charge in [0.1, 0.15) is 10.8 Å². The Morgan fingerprint density at radius 3 is 2.80 bits per heavy atom. The van der Waals surface area contributed by atoms with Crippen molar-refractivity contribution in [1.82, 2.24) is 14.9 Å². The van der Waals surface area contributed by atoms with E-state index in [9.17, 15) is 4.79 Å². The van der Waals surface area contributed by atoms with Crippen LogP contribution in [-0.2, 0) is 0 Å². The minimum Gasteiger partial charge on any atom is -0.326 e. The SMILES string of the molecule is C#CCN(CC)C(=O)c1cnc(Cl)cn1. The van der Waals surface area contributed by atoms with Gasteiger partial charge in [-0.2, -0.15) is 0 Å². The van der Waals surface area contributed by atoms with E-state index in [1.807, 2.05) is 6.92 Å². The first-order valence-corrected chi connectivity index (χ1v) is 4.77. The van der Waals surface area contributed by atoms with E-state index < -0.39 is 0 Å². The molecule has 0 atom stereocenters. The van der Waals surface area contributed by atoms with Gasteiger partial charge in [-0.15, -0.1) is 6.42 Å². The first kappa shape index (κ1) is 11.5. The highest BCUT2D eigenvalue weighted by Gasteiger charge is 2.14. The molecule has 5 heteroatoms. The molecule has 0 fully saturated rings. The van der Waals surface area contributed by atoms with Gasteiger partial charge in [0, 0.05) is 6.54 Å². The quantitative estimate of drug-likeness (QED) is 0.724. The number of carbonyl (C=O) groups excluding carboxylic acids is 1. The Morgan fingerprint density at radius 2 is 2.33 bits per heavy atom. The number of hydrogen-bond donors (Lipinski definition) is 0. The van der Waals surface area contributed by atoms with Gasteiger partial charge in [0.25, 0.3) is 5.91 Å². The molecule has 0 N–H and O–H groups in total. The molecule has 15 heavy (non-hydrogen) atoms. The monoisotopic (exact) mass is 223 g/mol. The Kier molecular flexibility index (Phi) is 4.07. The van der Waals surface area contributed by atoms with Crippen LogP contribution in [0.2, 0.25) is 5.15 Å². The molecule has 78 valence electrons. The predicted octanol–water partition coefficient (Wildman–Crippen LogP) is 1.23. The second-order valence-corrected chi connectivity index (χ2v) is 3.14. The second-order valence-electron chi connectivity index (χ2n) is 2.75. The van der Waals surface area contributed by atoms with Crippen molar-refractivity contribution in [2.75, 3.05) is 13.1 Å². The molecule has 0 aromatic carbocycles. The van der Waals surface area contributed by atoms with Crippen molar-refractivity contribution in [1.29, 1.82) is 0 Å². The van der Waals surface area contributed by atoms with Crippen LogP contribution in [0.3, 0.4) is 0 Å². The van der Waals surface area contributed by atoms with Gasteiger partial charge in [0.2, 0.25) is 0 Å². The lowest BCUT2D eigenvalue weighted by Gasteiger charge is -2.16. The van der Waals surface area contributed by atoms with Crippen molar-refractivity contribution in [2.45, 2.75) is 6.92 Å². The summed E-state index contributed by atoms with van der Waals surface area (Å²) >= 11 is 5.56. The van der Waals surface area contributed by atoms with E-state index in [0.29, 0.717) is 6.54 Å². The fourth-order valence-electron chi connectivity index (χ4n) is 1.02. The van der Waals surface area contributed by atoms with Gasteiger partial charge in [0.15, 0.2) is 0 Å². The first-order chi connectivity index (χ1) is 7.19. The van der Waals surface area contributed by atoms with Crippen molar-refractivity contribution in [3.05, 3.63) is 23.2 Å². The number of terminal acetylenes is 1. The Labute approximate surface area is 93.3 Å². The third-order valence-electron chi connectivity index (χ3n) is 1.79. The Bertz CT molecular complexity index is 383. The lowest BCUT2D eigenvalue weighted by atomic mass is 10.3. The van der Waals surface area contributed by atoms with E-state index in [-0.39, 0.29) is 23.3 Å². The van der Waals surface area contributed by atoms with Crippen LogP contribution in [-0.4, -0.2) is 33.9 Å². The highest BCUT2D eigenvalue weighted by molar-refractivity contribution is 6.29. The van der Waals surface area contributed by atoms with E-state index in [4.69, 9.17) is 18.0 Å². The molecule has 0 aliphatic heterocycles. The van der Waals surface area contributed by atoms with Gasteiger partial charge in [-0.3, -0.25) is 4.79 Å². The van der Waals surface area contributed by atoms with Gasteiger partial charge in [-0.25, -0.2) is 9.97 Å². The fourth-order valence-corrected chi connectivity index (χ4v) is 1.12. The van der Waals surface area contributed by atoms with Crippen molar-refractivity contribution in [3.8, 4) is 12.3 Å². The number of halogens is 1. The molecular formula is C10H10ClN3O. The molecule has 0 saturated heterocycles. The molecule has 1 heterocycles. The molecule has 0 aliphatic carbocycles. The molecule has 1 aromatic heterocycles. The van der Waals surface area contributed by atoms with Gasteiger partial charge in [-0.1, -0.05) is 17.5 Å². The molecule has 0 saturated carbocycles. The summed E-state index contributed by atoms with van der Waals surface area (Å²) in [7, 11) is 0.